The normalized spacial score (nSPS) is 18.2. The van der Waals surface area contributed by atoms with Gasteiger partial charge in [0.25, 0.3) is 0 Å². The van der Waals surface area contributed by atoms with E-state index >= 15 is 0 Å². The fourth-order valence-electron chi connectivity index (χ4n) is 4.03. The van der Waals surface area contributed by atoms with Gasteiger partial charge in [-0.2, -0.15) is 10.2 Å². The number of hydrogen-bond acceptors (Lipinski definition) is 6. The summed E-state index contributed by atoms with van der Waals surface area (Å²) in [6.07, 6.45) is 0. The molecule has 168 valence electrons. The quantitative estimate of drug-likeness (QED) is 0.570. The van der Waals surface area contributed by atoms with E-state index in [0.29, 0.717) is 24.7 Å². The molecule has 1 aliphatic heterocycles. The summed E-state index contributed by atoms with van der Waals surface area (Å²) in [5.41, 5.74) is 2.69. The lowest BCUT2D eigenvalue weighted by Gasteiger charge is -2.18. The number of carbonyl (C=O) groups is 2. The molecule has 2 aromatic heterocycles. The van der Waals surface area contributed by atoms with Gasteiger partial charge in [-0.25, -0.2) is 4.98 Å². The fourth-order valence-corrected chi connectivity index (χ4v) is 4.03. The van der Waals surface area contributed by atoms with Gasteiger partial charge in [-0.1, -0.05) is 30.3 Å². The summed E-state index contributed by atoms with van der Waals surface area (Å²) >= 11 is 0. The molecule has 4 rings (SSSR count). The fraction of sp³-hybridized carbons (Fsp3) is 0.409. The third-order valence-corrected chi connectivity index (χ3v) is 5.57. The molecule has 10 nitrogen and oxygen atoms in total. The Labute approximate surface area is 186 Å². The number of nitrogens with zero attached hydrogens (tertiary/aromatic N) is 5. The van der Waals surface area contributed by atoms with Crippen LogP contribution in [0, 0.1) is 13.8 Å². The first-order chi connectivity index (χ1) is 15.4. The first-order valence-electron chi connectivity index (χ1n) is 10.5. The van der Waals surface area contributed by atoms with Crippen LogP contribution in [0.3, 0.4) is 0 Å². The summed E-state index contributed by atoms with van der Waals surface area (Å²) in [7, 11) is 1.47. The first-order valence-corrected chi connectivity index (χ1v) is 10.5. The highest BCUT2D eigenvalue weighted by Crippen LogP contribution is 2.27. The van der Waals surface area contributed by atoms with Gasteiger partial charge in [0.1, 0.15) is 19.0 Å². The molecule has 0 spiro atoms. The van der Waals surface area contributed by atoms with Gasteiger partial charge in [0.2, 0.25) is 11.8 Å². The molecule has 3 heterocycles. The molecule has 10 heteroatoms. The van der Waals surface area contributed by atoms with Crippen molar-refractivity contribution in [2.45, 2.75) is 32.4 Å². The number of benzene rings is 1. The van der Waals surface area contributed by atoms with Crippen molar-refractivity contribution >= 4 is 11.8 Å². The van der Waals surface area contributed by atoms with Gasteiger partial charge in [0.15, 0.2) is 5.82 Å². The number of amides is 2. The van der Waals surface area contributed by atoms with Crippen LogP contribution in [0.25, 0.3) is 11.4 Å². The number of ether oxygens (including phenoxy) is 1. The predicted octanol–water partition coefficient (Wildman–Crippen LogP) is 1.04. The Morgan fingerprint density at radius 1 is 1.22 bits per heavy atom. The Kier molecular flexibility index (Phi) is 6.31. The summed E-state index contributed by atoms with van der Waals surface area (Å²) in [5.74, 6) is 0.693. The van der Waals surface area contributed by atoms with Gasteiger partial charge in [-0.3, -0.25) is 19.4 Å². The number of hydrogen-bond donors (Lipinski definition) is 2. The second kappa shape index (κ2) is 9.31. The van der Waals surface area contributed by atoms with Crippen LogP contribution in [0.4, 0.5) is 0 Å². The minimum absolute atomic E-state index is 0.0470. The van der Waals surface area contributed by atoms with E-state index in [-0.39, 0.29) is 36.9 Å². The van der Waals surface area contributed by atoms with Gasteiger partial charge in [0.05, 0.1) is 17.7 Å². The number of H-pyrrole nitrogens is 1. The Bertz CT molecular complexity index is 1090. The van der Waals surface area contributed by atoms with Crippen LogP contribution in [0.15, 0.2) is 36.4 Å². The molecule has 2 atom stereocenters. The third-order valence-electron chi connectivity index (χ3n) is 5.57. The maximum Gasteiger partial charge on any atom is 0.246 e. The molecule has 0 aliphatic carbocycles. The van der Waals surface area contributed by atoms with E-state index in [9.17, 15) is 9.59 Å². The summed E-state index contributed by atoms with van der Waals surface area (Å²) < 4.78 is 6.65. The minimum Gasteiger partial charge on any atom is -0.375 e. The summed E-state index contributed by atoms with van der Waals surface area (Å²) in [4.78, 5) is 31.6. The van der Waals surface area contributed by atoms with E-state index in [0.717, 1.165) is 17.0 Å². The Morgan fingerprint density at radius 2 is 2.00 bits per heavy atom. The van der Waals surface area contributed by atoms with Crippen molar-refractivity contribution in [3.05, 3.63) is 53.6 Å². The molecular weight excluding hydrogens is 410 g/mol. The SMILES string of the molecule is COCC(=O)N[C@@H]1CN(C(=O)Cn2nc(C)cc2C)C[C@H]1c1nc(-c2ccccc2)n[nH]1. The van der Waals surface area contributed by atoms with Gasteiger partial charge in [-0.15, -0.1) is 0 Å². The molecule has 0 bridgehead atoms. The van der Waals surface area contributed by atoms with Crippen LogP contribution in [0.2, 0.25) is 0 Å². The smallest absolute Gasteiger partial charge is 0.246 e. The number of nitrogens with one attached hydrogen (secondary N) is 2. The predicted molar refractivity (Wildman–Crippen MR) is 117 cm³/mol. The largest absolute Gasteiger partial charge is 0.375 e. The Hall–Kier alpha value is -3.53. The molecule has 1 fully saturated rings. The topological polar surface area (TPSA) is 118 Å². The van der Waals surface area contributed by atoms with Gasteiger partial charge in [0, 0.05) is 31.5 Å². The molecule has 1 aliphatic rings. The molecule has 2 N–H and O–H groups in total. The Balaban J connectivity index is 1.53. The lowest BCUT2D eigenvalue weighted by molar-refractivity contribution is -0.131. The van der Waals surface area contributed by atoms with E-state index in [2.05, 4.69) is 25.6 Å². The third kappa shape index (κ3) is 4.70. The molecule has 1 aromatic carbocycles. The molecular formula is C22H27N7O3. The highest BCUT2D eigenvalue weighted by Gasteiger charge is 2.39. The zero-order valence-electron chi connectivity index (χ0n) is 18.4. The molecule has 0 unspecified atom stereocenters. The molecule has 2 amide bonds. The standard InChI is InChI=1S/C22H27N7O3/c1-14-9-15(2)29(27-14)12-20(31)28-10-17(18(11-28)23-19(30)13-32-3)22-24-21(25-26-22)16-7-5-4-6-8-16/h4-9,17-18H,10-13H2,1-3H3,(H,23,30)(H,24,25,26)/t17-,18-/m1/s1. The van der Waals surface area contributed by atoms with Crippen molar-refractivity contribution in [3.8, 4) is 11.4 Å². The maximum atomic E-state index is 13.0. The number of methoxy groups -OCH3 is 1. The van der Waals surface area contributed by atoms with Crippen LogP contribution < -0.4 is 5.32 Å². The molecule has 32 heavy (non-hydrogen) atoms. The second-order valence-corrected chi connectivity index (χ2v) is 8.01. The van der Waals surface area contributed by atoms with Crippen molar-refractivity contribution in [1.82, 2.24) is 35.2 Å². The summed E-state index contributed by atoms with van der Waals surface area (Å²) in [6.45, 7) is 4.72. The lowest BCUT2D eigenvalue weighted by atomic mass is 10.0. The van der Waals surface area contributed by atoms with E-state index in [4.69, 9.17) is 4.74 Å². The van der Waals surface area contributed by atoms with Gasteiger partial charge < -0.3 is 15.0 Å². The second-order valence-electron chi connectivity index (χ2n) is 8.01. The van der Waals surface area contributed by atoms with E-state index < -0.39 is 0 Å². The van der Waals surface area contributed by atoms with Crippen LogP contribution in [-0.2, 0) is 20.9 Å². The average molecular weight is 438 g/mol. The highest BCUT2D eigenvalue weighted by molar-refractivity contribution is 5.79. The maximum absolute atomic E-state index is 13.0. The van der Waals surface area contributed by atoms with Gasteiger partial charge >= 0.3 is 0 Å². The number of carbonyl (C=O) groups excluding carboxylic acids is 2. The van der Waals surface area contributed by atoms with Crippen molar-refractivity contribution < 1.29 is 14.3 Å². The van der Waals surface area contributed by atoms with Crippen LogP contribution in [0.1, 0.15) is 23.1 Å². The summed E-state index contributed by atoms with van der Waals surface area (Å²) in [5, 5.41) is 14.7. The van der Waals surface area contributed by atoms with Gasteiger partial charge in [-0.05, 0) is 19.9 Å². The number of aromatic amines is 1. The number of likely N-dealkylation sites (tertiary alicyclic amines) is 1. The van der Waals surface area contributed by atoms with Crippen LogP contribution in [0.5, 0.6) is 0 Å². The van der Waals surface area contributed by atoms with E-state index in [1.165, 1.54) is 7.11 Å². The van der Waals surface area contributed by atoms with Crippen LogP contribution >= 0.6 is 0 Å². The monoisotopic (exact) mass is 437 g/mol. The highest BCUT2D eigenvalue weighted by atomic mass is 16.5. The van der Waals surface area contributed by atoms with Crippen LogP contribution in [-0.4, -0.2) is 74.5 Å². The van der Waals surface area contributed by atoms with Crippen molar-refractivity contribution in [1.29, 1.82) is 0 Å². The number of aryl methyl sites for hydroxylation is 2. The zero-order valence-corrected chi connectivity index (χ0v) is 18.4. The zero-order chi connectivity index (χ0) is 22.7. The summed E-state index contributed by atoms with van der Waals surface area (Å²) in [6, 6.07) is 11.3. The van der Waals surface area contributed by atoms with Crippen molar-refractivity contribution in [2.24, 2.45) is 0 Å². The van der Waals surface area contributed by atoms with E-state index in [1.807, 2.05) is 50.2 Å². The Morgan fingerprint density at radius 3 is 2.69 bits per heavy atom. The number of rotatable bonds is 7. The first kappa shape index (κ1) is 21.7. The molecule has 3 aromatic rings. The molecule has 0 radical (unpaired) electrons. The minimum atomic E-state index is -0.307. The number of aromatic nitrogens is 5. The van der Waals surface area contributed by atoms with E-state index in [1.54, 1.807) is 9.58 Å². The van der Waals surface area contributed by atoms with Crippen molar-refractivity contribution in [2.75, 3.05) is 26.8 Å². The lowest BCUT2D eigenvalue weighted by Crippen LogP contribution is -2.42. The molecule has 0 saturated carbocycles. The average Bonchev–Trinajstić information content (AvgIpc) is 3.48. The molecule has 1 saturated heterocycles. The van der Waals surface area contributed by atoms with Crippen molar-refractivity contribution in [3.63, 3.8) is 0 Å².